The zero-order valence-electron chi connectivity index (χ0n) is 34.6. The summed E-state index contributed by atoms with van der Waals surface area (Å²) >= 11 is 0. The molecule has 1 aliphatic carbocycles. The van der Waals surface area contributed by atoms with Crippen molar-refractivity contribution in [1.29, 1.82) is 5.41 Å². The Bertz CT molecular complexity index is 3340. The SMILES string of the molecule is N=C(N=C(/C=C/c1ccc(-c2cccc(-c3ccc4c(c3)-c3c(ccc5ccccc35)C4(c3ccccc3)c3ccccc3)c2)c2ccccc12)c1ccccc1)c1ccccc1. The fourth-order valence-electron chi connectivity index (χ4n) is 9.78. The van der Waals surface area contributed by atoms with Gasteiger partial charge in [0.1, 0.15) is 0 Å². The Morgan fingerprint density at radius 1 is 0.413 bits per heavy atom. The van der Waals surface area contributed by atoms with E-state index in [1.807, 2.05) is 66.7 Å². The molecule has 1 N–H and O–H groups in total. The number of amidine groups is 1. The van der Waals surface area contributed by atoms with E-state index in [2.05, 4.69) is 182 Å². The Balaban J connectivity index is 1.02. The van der Waals surface area contributed by atoms with Crippen molar-refractivity contribution >= 4 is 39.2 Å². The largest absolute Gasteiger partial charge is 0.282 e. The third-order valence-corrected chi connectivity index (χ3v) is 12.7. The van der Waals surface area contributed by atoms with E-state index in [4.69, 9.17) is 10.4 Å². The molecule has 10 aromatic carbocycles. The van der Waals surface area contributed by atoms with Crippen molar-refractivity contribution in [2.75, 3.05) is 0 Å². The van der Waals surface area contributed by atoms with Gasteiger partial charge in [-0.05, 0) is 101 Å². The number of hydrogen-bond acceptors (Lipinski definition) is 1. The van der Waals surface area contributed by atoms with E-state index in [0.29, 0.717) is 0 Å². The fourth-order valence-corrected chi connectivity index (χ4v) is 9.78. The highest BCUT2D eigenvalue weighted by Crippen LogP contribution is 2.58. The number of hydrogen-bond donors (Lipinski definition) is 1. The highest BCUT2D eigenvalue weighted by atomic mass is 14.8. The highest BCUT2D eigenvalue weighted by molar-refractivity contribution is 6.18. The predicted octanol–water partition coefficient (Wildman–Crippen LogP) is 15.2. The average Bonchev–Trinajstić information content (AvgIpc) is 3.67. The third-order valence-electron chi connectivity index (χ3n) is 12.7. The van der Waals surface area contributed by atoms with Crippen LogP contribution in [0.3, 0.4) is 0 Å². The van der Waals surface area contributed by atoms with Crippen molar-refractivity contribution in [1.82, 2.24) is 0 Å². The van der Waals surface area contributed by atoms with Gasteiger partial charge in [-0.1, -0.05) is 231 Å². The van der Waals surface area contributed by atoms with E-state index in [1.165, 1.54) is 66.2 Å². The van der Waals surface area contributed by atoms with Gasteiger partial charge in [-0.25, -0.2) is 4.99 Å². The molecule has 0 aliphatic heterocycles. The highest BCUT2D eigenvalue weighted by Gasteiger charge is 2.46. The normalized spacial score (nSPS) is 13.0. The van der Waals surface area contributed by atoms with Crippen LogP contribution in [0.1, 0.15) is 38.9 Å². The standard InChI is InChI=1S/C61H42N2/c62-60(45-21-7-2-8-22-45)63-58(44-19-5-1-6-20-44)39-35-43-32-36-52(54-31-16-15-29-51(43)54)48-24-17-23-46(40-48)47-34-37-56-55(41-47)59-53-30-14-13-18-42(53)33-38-57(59)61(56,49-25-9-3-10-26-49)50-27-11-4-12-28-50/h1-41,62H/b39-35+,62-60?,63-58?. The first-order valence-corrected chi connectivity index (χ1v) is 21.5. The predicted molar refractivity (Wildman–Crippen MR) is 265 cm³/mol. The average molecular weight is 803 g/mol. The molecule has 1 aliphatic rings. The summed E-state index contributed by atoms with van der Waals surface area (Å²) in [5.41, 5.74) is 15.5. The maximum atomic E-state index is 8.79. The lowest BCUT2D eigenvalue weighted by molar-refractivity contribution is 0.769. The Hall–Kier alpha value is -8.20. The Labute approximate surface area is 368 Å². The monoisotopic (exact) mass is 802 g/mol. The first-order chi connectivity index (χ1) is 31.2. The van der Waals surface area contributed by atoms with Crippen molar-refractivity contribution in [3.05, 3.63) is 282 Å². The van der Waals surface area contributed by atoms with Crippen LogP contribution in [0.2, 0.25) is 0 Å². The van der Waals surface area contributed by atoms with Gasteiger partial charge in [-0.2, -0.15) is 0 Å². The molecule has 2 nitrogen and oxygen atoms in total. The van der Waals surface area contributed by atoms with Gasteiger partial charge in [0, 0.05) is 11.1 Å². The van der Waals surface area contributed by atoms with E-state index in [1.54, 1.807) is 0 Å². The number of nitrogens with one attached hydrogen (secondary N) is 1. The minimum absolute atomic E-state index is 0.229. The number of nitrogens with zero attached hydrogens (tertiary/aromatic N) is 1. The van der Waals surface area contributed by atoms with Crippen LogP contribution in [-0.4, -0.2) is 11.5 Å². The molecule has 0 fully saturated rings. The lowest BCUT2D eigenvalue weighted by Crippen LogP contribution is -2.28. The fraction of sp³-hybridized carbons (Fsp3) is 0.0164. The Kier molecular flexibility index (Phi) is 9.60. The summed E-state index contributed by atoms with van der Waals surface area (Å²) in [6, 6.07) is 84.5. The van der Waals surface area contributed by atoms with Gasteiger partial charge in [-0.15, -0.1) is 0 Å². The molecular formula is C61H42N2. The lowest BCUT2D eigenvalue weighted by atomic mass is 9.67. The van der Waals surface area contributed by atoms with E-state index >= 15 is 0 Å². The number of allylic oxidation sites excluding steroid dienone is 1. The van der Waals surface area contributed by atoms with E-state index in [-0.39, 0.29) is 5.84 Å². The van der Waals surface area contributed by atoms with Crippen LogP contribution in [0.5, 0.6) is 0 Å². The van der Waals surface area contributed by atoms with Crippen molar-refractivity contribution in [3.8, 4) is 33.4 Å². The second kappa shape index (κ2) is 16.0. The third kappa shape index (κ3) is 6.61. The number of rotatable bonds is 8. The maximum Gasteiger partial charge on any atom is 0.152 e. The Morgan fingerprint density at radius 3 is 1.70 bits per heavy atom. The molecule has 0 spiro atoms. The summed E-state index contributed by atoms with van der Waals surface area (Å²) in [5, 5.41) is 13.6. The topological polar surface area (TPSA) is 36.2 Å². The molecule has 11 rings (SSSR count). The van der Waals surface area contributed by atoms with Crippen LogP contribution >= 0.6 is 0 Å². The van der Waals surface area contributed by atoms with Crippen molar-refractivity contribution in [2.24, 2.45) is 4.99 Å². The smallest absolute Gasteiger partial charge is 0.152 e. The van der Waals surface area contributed by atoms with Gasteiger partial charge in [0.05, 0.1) is 11.1 Å². The number of aliphatic imine (C=N–C) groups is 1. The Morgan fingerprint density at radius 2 is 0.984 bits per heavy atom. The molecule has 2 heteroatoms. The molecule has 296 valence electrons. The summed E-state index contributed by atoms with van der Waals surface area (Å²) in [7, 11) is 0. The van der Waals surface area contributed by atoms with Gasteiger partial charge in [-0.3, -0.25) is 5.41 Å². The van der Waals surface area contributed by atoms with E-state index in [0.717, 1.165) is 33.4 Å². The zero-order chi connectivity index (χ0) is 42.2. The van der Waals surface area contributed by atoms with Crippen molar-refractivity contribution in [3.63, 3.8) is 0 Å². The van der Waals surface area contributed by atoms with Crippen molar-refractivity contribution < 1.29 is 0 Å². The van der Waals surface area contributed by atoms with Gasteiger partial charge >= 0.3 is 0 Å². The molecule has 63 heavy (non-hydrogen) atoms. The summed E-state index contributed by atoms with van der Waals surface area (Å²) in [6.45, 7) is 0. The first kappa shape index (κ1) is 37.8. The number of fused-ring (bicyclic) bond motifs is 6. The van der Waals surface area contributed by atoms with Crippen LogP contribution in [-0.2, 0) is 5.41 Å². The summed E-state index contributed by atoms with van der Waals surface area (Å²) < 4.78 is 0. The maximum absolute atomic E-state index is 8.79. The van der Waals surface area contributed by atoms with Gasteiger partial charge in [0.25, 0.3) is 0 Å². The number of benzene rings is 10. The molecule has 0 heterocycles. The summed E-state index contributed by atoms with van der Waals surface area (Å²) in [4.78, 5) is 4.82. The minimum Gasteiger partial charge on any atom is -0.282 e. The minimum atomic E-state index is -0.468. The molecule has 0 atom stereocenters. The molecule has 0 bridgehead atoms. The molecule has 0 unspecified atom stereocenters. The zero-order valence-corrected chi connectivity index (χ0v) is 34.6. The van der Waals surface area contributed by atoms with Crippen LogP contribution in [0.15, 0.2) is 248 Å². The molecule has 0 radical (unpaired) electrons. The van der Waals surface area contributed by atoms with E-state index < -0.39 is 5.41 Å². The van der Waals surface area contributed by atoms with Crippen LogP contribution in [0.25, 0.3) is 61.0 Å². The van der Waals surface area contributed by atoms with Crippen LogP contribution in [0, 0.1) is 5.41 Å². The summed E-state index contributed by atoms with van der Waals surface area (Å²) in [5.74, 6) is 0.229. The second-order valence-corrected chi connectivity index (χ2v) is 16.2. The summed E-state index contributed by atoms with van der Waals surface area (Å²) in [6.07, 6.45) is 4.16. The molecule has 0 saturated heterocycles. The molecule has 0 amide bonds. The first-order valence-electron chi connectivity index (χ1n) is 21.5. The van der Waals surface area contributed by atoms with Gasteiger partial charge in [0.15, 0.2) is 5.84 Å². The molecule has 0 saturated carbocycles. The van der Waals surface area contributed by atoms with Gasteiger partial charge < -0.3 is 0 Å². The quantitative estimate of drug-likeness (QED) is 0.117. The molecular weight excluding hydrogens is 761 g/mol. The molecule has 0 aromatic heterocycles. The molecule has 10 aromatic rings. The van der Waals surface area contributed by atoms with Crippen LogP contribution < -0.4 is 0 Å². The van der Waals surface area contributed by atoms with E-state index in [9.17, 15) is 0 Å². The van der Waals surface area contributed by atoms with Gasteiger partial charge in [0.2, 0.25) is 0 Å². The van der Waals surface area contributed by atoms with Crippen molar-refractivity contribution in [2.45, 2.75) is 5.41 Å². The second-order valence-electron chi connectivity index (χ2n) is 16.2. The lowest BCUT2D eigenvalue weighted by Gasteiger charge is -2.34. The van der Waals surface area contributed by atoms with Crippen LogP contribution in [0.4, 0.5) is 0 Å².